The summed E-state index contributed by atoms with van der Waals surface area (Å²) in [5.41, 5.74) is 0.986. The number of pyridine rings is 1. The minimum absolute atomic E-state index is 0.466. The average Bonchev–Trinajstić information content (AvgIpc) is 2.38. The topological polar surface area (TPSA) is 22.1 Å². The van der Waals surface area contributed by atoms with E-state index in [1.807, 2.05) is 12.1 Å². The standard InChI is InChI=1S/C13H18ClNO/c14-9-12-7-4-8-15-13(12)16-10-11-5-2-1-3-6-11/h4,7-8,11H,1-3,5-6,9-10H2. The summed E-state index contributed by atoms with van der Waals surface area (Å²) in [7, 11) is 0. The quantitative estimate of drug-likeness (QED) is 0.746. The molecule has 1 aliphatic rings. The summed E-state index contributed by atoms with van der Waals surface area (Å²) >= 11 is 5.83. The summed E-state index contributed by atoms with van der Waals surface area (Å²) in [6.45, 7) is 0.793. The maximum atomic E-state index is 5.83. The molecule has 0 spiro atoms. The molecule has 2 nitrogen and oxygen atoms in total. The second-order valence-corrected chi connectivity index (χ2v) is 4.68. The molecule has 88 valence electrons. The number of alkyl halides is 1. The van der Waals surface area contributed by atoms with Gasteiger partial charge in [-0.1, -0.05) is 25.3 Å². The van der Waals surface area contributed by atoms with E-state index in [1.165, 1.54) is 32.1 Å². The van der Waals surface area contributed by atoms with Crippen molar-refractivity contribution in [3.63, 3.8) is 0 Å². The summed E-state index contributed by atoms with van der Waals surface area (Å²) in [6.07, 6.45) is 8.42. The number of ether oxygens (including phenoxy) is 1. The van der Waals surface area contributed by atoms with E-state index in [0.29, 0.717) is 17.7 Å². The maximum Gasteiger partial charge on any atom is 0.217 e. The van der Waals surface area contributed by atoms with Crippen LogP contribution in [0.5, 0.6) is 5.88 Å². The lowest BCUT2D eigenvalue weighted by Gasteiger charge is -2.21. The number of aromatic nitrogens is 1. The normalized spacial score (nSPS) is 17.3. The lowest BCUT2D eigenvalue weighted by atomic mass is 9.90. The predicted molar refractivity (Wildman–Crippen MR) is 65.9 cm³/mol. The molecule has 0 atom stereocenters. The van der Waals surface area contributed by atoms with Crippen molar-refractivity contribution in [1.82, 2.24) is 4.98 Å². The second-order valence-electron chi connectivity index (χ2n) is 4.42. The molecule has 1 aromatic rings. The highest BCUT2D eigenvalue weighted by Crippen LogP contribution is 2.25. The summed E-state index contributed by atoms with van der Waals surface area (Å²) in [4.78, 5) is 4.23. The Morgan fingerprint density at radius 2 is 2.12 bits per heavy atom. The molecule has 0 aliphatic heterocycles. The van der Waals surface area contributed by atoms with Crippen LogP contribution in [0.15, 0.2) is 18.3 Å². The highest BCUT2D eigenvalue weighted by Gasteiger charge is 2.14. The van der Waals surface area contributed by atoms with E-state index in [1.54, 1.807) is 6.20 Å². The van der Waals surface area contributed by atoms with Gasteiger partial charge in [0.2, 0.25) is 5.88 Å². The first-order chi connectivity index (χ1) is 7.90. The van der Waals surface area contributed by atoms with Gasteiger partial charge in [0, 0.05) is 11.8 Å². The van der Waals surface area contributed by atoms with E-state index in [4.69, 9.17) is 16.3 Å². The van der Waals surface area contributed by atoms with E-state index in [0.717, 1.165) is 12.2 Å². The fraction of sp³-hybridized carbons (Fsp3) is 0.615. The van der Waals surface area contributed by atoms with Crippen LogP contribution < -0.4 is 4.74 Å². The molecule has 0 N–H and O–H groups in total. The Kier molecular flexibility index (Phi) is 4.46. The van der Waals surface area contributed by atoms with Gasteiger partial charge in [-0.3, -0.25) is 0 Å². The first-order valence-electron chi connectivity index (χ1n) is 6.03. The first-order valence-corrected chi connectivity index (χ1v) is 6.56. The molecule has 0 amide bonds. The monoisotopic (exact) mass is 239 g/mol. The summed E-state index contributed by atoms with van der Waals surface area (Å²) < 4.78 is 5.77. The molecular weight excluding hydrogens is 222 g/mol. The largest absolute Gasteiger partial charge is 0.477 e. The second kappa shape index (κ2) is 6.09. The Morgan fingerprint density at radius 3 is 2.88 bits per heavy atom. The van der Waals surface area contributed by atoms with Crippen molar-refractivity contribution in [1.29, 1.82) is 0 Å². The SMILES string of the molecule is ClCc1cccnc1OCC1CCCCC1. The van der Waals surface area contributed by atoms with E-state index in [-0.39, 0.29) is 0 Å². The van der Waals surface area contributed by atoms with Gasteiger partial charge in [-0.25, -0.2) is 4.98 Å². The maximum absolute atomic E-state index is 5.83. The minimum Gasteiger partial charge on any atom is -0.477 e. The van der Waals surface area contributed by atoms with Crippen LogP contribution in [0.4, 0.5) is 0 Å². The van der Waals surface area contributed by atoms with Gasteiger partial charge in [0.05, 0.1) is 12.5 Å². The van der Waals surface area contributed by atoms with Crippen LogP contribution in [-0.4, -0.2) is 11.6 Å². The third-order valence-corrected chi connectivity index (χ3v) is 3.46. The van der Waals surface area contributed by atoms with Crippen molar-refractivity contribution in [2.45, 2.75) is 38.0 Å². The zero-order chi connectivity index (χ0) is 11.2. The number of halogens is 1. The van der Waals surface area contributed by atoms with Gasteiger partial charge in [0.1, 0.15) is 0 Å². The predicted octanol–water partition coefficient (Wildman–Crippen LogP) is 3.78. The number of hydrogen-bond acceptors (Lipinski definition) is 2. The van der Waals surface area contributed by atoms with Gasteiger partial charge >= 0.3 is 0 Å². The van der Waals surface area contributed by atoms with Gasteiger partial charge in [0.15, 0.2) is 0 Å². The molecule has 1 heterocycles. The highest BCUT2D eigenvalue weighted by molar-refractivity contribution is 6.17. The summed E-state index contributed by atoms with van der Waals surface area (Å²) in [5.74, 6) is 1.88. The Morgan fingerprint density at radius 1 is 1.31 bits per heavy atom. The van der Waals surface area contributed by atoms with Gasteiger partial charge in [0.25, 0.3) is 0 Å². The van der Waals surface area contributed by atoms with Crippen LogP contribution in [-0.2, 0) is 5.88 Å². The van der Waals surface area contributed by atoms with Crippen LogP contribution in [0.2, 0.25) is 0 Å². The molecule has 0 unspecified atom stereocenters. The summed E-state index contributed by atoms with van der Waals surface area (Å²) in [6, 6.07) is 3.86. The van der Waals surface area contributed by atoms with Crippen molar-refractivity contribution >= 4 is 11.6 Å². The Labute approximate surface area is 102 Å². The first kappa shape index (κ1) is 11.7. The van der Waals surface area contributed by atoms with E-state index in [2.05, 4.69) is 4.98 Å². The average molecular weight is 240 g/mol. The number of nitrogens with zero attached hydrogens (tertiary/aromatic N) is 1. The molecule has 1 aromatic heterocycles. The lowest BCUT2D eigenvalue weighted by Crippen LogP contribution is -2.16. The molecule has 0 aromatic carbocycles. The number of rotatable bonds is 4. The summed E-state index contributed by atoms with van der Waals surface area (Å²) in [5, 5.41) is 0. The van der Waals surface area contributed by atoms with Gasteiger partial charge in [-0.15, -0.1) is 11.6 Å². The van der Waals surface area contributed by atoms with Crippen molar-refractivity contribution in [3.8, 4) is 5.88 Å². The zero-order valence-corrected chi connectivity index (χ0v) is 10.2. The Hall–Kier alpha value is -0.760. The van der Waals surface area contributed by atoms with Gasteiger partial charge in [-0.05, 0) is 24.8 Å². The molecule has 0 bridgehead atoms. The minimum atomic E-state index is 0.466. The molecule has 3 heteroatoms. The molecule has 0 radical (unpaired) electrons. The van der Waals surface area contributed by atoms with E-state index in [9.17, 15) is 0 Å². The van der Waals surface area contributed by atoms with Crippen molar-refractivity contribution in [3.05, 3.63) is 23.9 Å². The van der Waals surface area contributed by atoms with Crippen LogP contribution in [0.25, 0.3) is 0 Å². The zero-order valence-electron chi connectivity index (χ0n) is 9.49. The van der Waals surface area contributed by atoms with Crippen LogP contribution in [0.1, 0.15) is 37.7 Å². The van der Waals surface area contributed by atoms with Crippen molar-refractivity contribution < 1.29 is 4.74 Å². The third-order valence-electron chi connectivity index (χ3n) is 3.17. The Balaban J connectivity index is 1.88. The molecule has 1 fully saturated rings. The fourth-order valence-corrected chi connectivity index (χ4v) is 2.41. The van der Waals surface area contributed by atoms with Gasteiger partial charge < -0.3 is 4.74 Å². The van der Waals surface area contributed by atoms with Crippen LogP contribution in [0, 0.1) is 5.92 Å². The third kappa shape index (κ3) is 3.11. The molecular formula is C13H18ClNO. The Bertz CT molecular complexity index is 323. The highest BCUT2D eigenvalue weighted by atomic mass is 35.5. The fourth-order valence-electron chi connectivity index (χ4n) is 2.21. The molecule has 1 saturated carbocycles. The van der Waals surface area contributed by atoms with Crippen molar-refractivity contribution in [2.75, 3.05) is 6.61 Å². The van der Waals surface area contributed by atoms with Crippen LogP contribution in [0.3, 0.4) is 0 Å². The van der Waals surface area contributed by atoms with Crippen LogP contribution >= 0.6 is 11.6 Å². The smallest absolute Gasteiger partial charge is 0.217 e. The molecule has 2 rings (SSSR count). The molecule has 1 aliphatic carbocycles. The molecule has 16 heavy (non-hydrogen) atoms. The van der Waals surface area contributed by atoms with Crippen molar-refractivity contribution in [2.24, 2.45) is 5.92 Å². The van der Waals surface area contributed by atoms with E-state index < -0.39 is 0 Å². The number of hydrogen-bond donors (Lipinski definition) is 0. The van der Waals surface area contributed by atoms with Gasteiger partial charge in [-0.2, -0.15) is 0 Å². The molecule has 0 saturated heterocycles. The van der Waals surface area contributed by atoms with E-state index >= 15 is 0 Å². The lowest BCUT2D eigenvalue weighted by molar-refractivity contribution is 0.201.